The SMILES string of the molecule is CCCCS(=O)(=O)N(CC1CCC(=O)N1)C(C)C. The summed E-state index contributed by atoms with van der Waals surface area (Å²) in [5.41, 5.74) is 0. The normalized spacial score (nSPS) is 20.7. The first-order valence-corrected chi connectivity index (χ1v) is 8.26. The highest BCUT2D eigenvalue weighted by Gasteiger charge is 2.30. The molecular formula is C12H24N2O3S. The molecule has 1 saturated heterocycles. The summed E-state index contributed by atoms with van der Waals surface area (Å²) < 4.78 is 26.0. The zero-order valence-corrected chi connectivity index (χ0v) is 12.3. The smallest absolute Gasteiger partial charge is 0.220 e. The van der Waals surface area contributed by atoms with Crippen molar-refractivity contribution in [3.8, 4) is 0 Å². The number of carbonyl (C=O) groups excluding carboxylic acids is 1. The van der Waals surface area contributed by atoms with Crippen LogP contribution in [-0.2, 0) is 14.8 Å². The Bertz CT molecular complexity index is 379. The molecule has 1 aliphatic rings. The van der Waals surface area contributed by atoms with E-state index in [1.54, 1.807) is 0 Å². The number of rotatable bonds is 7. The molecule has 1 unspecified atom stereocenters. The standard InChI is InChI=1S/C12H24N2O3S/c1-4-5-8-18(16,17)14(10(2)3)9-11-6-7-12(15)13-11/h10-11H,4-9H2,1-3H3,(H,13,15). The second-order valence-corrected chi connectivity index (χ2v) is 7.18. The van der Waals surface area contributed by atoms with Gasteiger partial charge in [0.2, 0.25) is 15.9 Å². The van der Waals surface area contributed by atoms with Crippen LogP contribution in [0.3, 0.4) is 0 Å². The van der Waals surface area contributed by atoms with Gasteiger partial charge in [-0.1, -0.05) is 13.3 Å². The summed E-state index contributed by atoms with van der Waals surface area (Å²) in [7, 11) is -3.21. The van der Waals surface area contributed by atoms with Crippen molar-refractivity contribution >= 4 is 15.9 Å². The third-order valence-corrected chi connectivity index (χ3v) is 5.26. The van der Waals surface area contributed by atoms with Crippen LogP contribution >= 0.6 is 0 Å². The van der Waals surface area contributed by atoms with Crippen LogP contribution in [0, 0.1) is 0 Å². The lowest BCUT2D eigenvalue weighted by molar-refractivity contribution is -0.119. The van der Waals surface area contributed by atoms with Crippen LogP contribution in [0.25, 0.3) is 0 Å². The van der Waals surface area contributed by atoms with Gasteiger partial charge in [0.15, 0.2) is 0 Å². The molecule has 0 spiro atoms. The zero-order chi connectivity index (χ0) is 13.8. The fraction of sp³-hybridized carbons (Fsp3) is 0.917. The third-order valence-electron chi connectivity index (χ3n) is 3.17. The first-order valence-electron chi connectivity index (χ1n) is 6.65. The number of amides is 1. The van der Waals surface area contributed by atoms with Gasteiger partial charge in [-0.25, -0.2) is 8.42 Å². The Morgan fingerprint density at radius 2 is 2.11 bits per heavy atom. The molecule has 1 aliphatic heterocycles. The van der Waals surface area contributed by atoms with Crippen LogP contribution in [0.2, 0.25) is 0 Å². The van der Waals surface area contributed by atoms with Gasteiger partial charge in [0, 0.05) is 25.0 Å². The number of nitrogens with zero attached hydrogens (tertiary/aromatic N) is 1. The van der Waals surface area contributed by atoms with Crippen LogP contribution < -0.4 is 5.32 Å². The average Bonchev–Trinajstić information content (AvgIpc) is 2.68. The molecule has 1 atom stereocenters. The van der Waals surface area contributed by atoms with Gasteiger partial charge in [-0.05, 0) is 26.7 Å². The molecule has 106 valence electrons. The molecule has 0 aromatic heterocycles. The highest BCUT2D eigenvalue weighted by molar-refractivity contribution is 7.89. The van der Waals surface area contributed by atoms with Crippen molar-refractivity contribution in [3.63, 3.8) is 0 Å². The molecule has 18 heavy (non-hydrogen) atoms. The van der Waals surface area contributed by atoms with Gasteiger partial charge in [-0.2, -0.15) is 4.31 Å². The fourth-order valence-electron chi connectivity index (χ4n) is 2.12. The molecule has 6 heteroatoms. The molecule has 0 aromatic carbocycles. The van der Waals surface area contributed by atoms with Crippen LogP contribution in [0.1, 0.15) is 46.5 Å². The lowest BCUT2D eigenvalue weighted by Crippen LogP contribution is -2.46. The van der Waals surface area contributed by atoms with E-state index in [2.05, 4.69) is 5.32 Å². The first kappa shape index (κ1) is 15.4. The van der Waals surface area contributed by atoms with Crippen LogP contribution in [0.15, 0.2) is 0 Å². The second kappa shape index (κ2) is 6.52. The van der Waals surface area contributed by atoms with E-state index in [9.17, 15) is 13.2 Å². The molecule has 0 aromatic rings. The minimum atomic E-state index is -3.21. The van der Waals surface area contributed by atoms with Gasteiger partial charge in [-0.15, -0.1) is 0 Å². The van der Waals surface area contributed by atoms with E-state index >= 15 is 0 Å². The summed E-state index contributed by atoms with van der Waals surface area (Å²) >= 11 is 0. The molecule has 1 amide bonds. The Balaban J connectivity index is 2.67. The summed E-state index contributed by atoms with van der Waals surface area (Å²) in [6.07, 6.45) is 2.78. The maximum Gasteiger partial charge on any atom is 0.220 e. The fourth-order valence-corrected chi connectivity index (χ4v) is 4.06. The summed E-state index contributed by atoms with van der Waals surface area (Å²) in [6.45, 7) is 6.13. The van der Waals surface area contributed by atoms with Gasteiger partial charge in [0.05, 0.1) is 5.75 Å². The molecular weight excluding hydrogens is 252 g/mol. The lowest BCUT2D eigenvalue weighted by Gasteiger charge is -2.28. The predicted molar refractivity (Wildman–Crippen MR) is 71.7 cm³/mol. The molecule has 1 heterocycles. The van der Waals surface area contributed by atoms with E-state index in [1.165, 1.54) is 4.31 Å². The Labute approximate surface area is 110 Å². The van der Waals surface area contributed by atoms with Crippen molar-refractivity contribution in [2.45, 2.75) is 58.5 Å². The number of carbonyl (C=O) groups is 1. The quantitative estimate of drug-likeness (QED) is 0.757. The van der Waals surface area contributed by atoms with Crippen molar-refractivity contribution in [1.82, 2.24) is 9.62 Å². The maximum absolute atomic E-state index is 12.2. The Morgan fingerprint density at radius 1 is 1.44 bits per heavy atom. The summed E-state index contributed by atoms with van der Waals surface area (Å²) in [4.78, 5) is 11.1. The summed E-state index contributed by atoms with van der Waals surface area (Å²) in [5.74, 6) is 0.220. The van der Waals surface area contributed by atoms with Crippen molar-refractivity contribution in [2.24, 2.45) is 0 Å². The highest BCUT2D eigenvalue weighted by Crippen LogP contribution is 2.15. The predicted octanol–water partition coefficient (Wildman–Crippen LogP) is 1.11. The van der Waals surface area contributed by atoms with E-state index in [0.717, 1.165) is 12.8 Å². The third kappa shape index (κ3) is 4.24. The summed E-state index contributed by atoms with van der Waals surface area (Å²) in [5, 5.41) is 2.82. The zero-order valence-electron chi connectivity index (χ0n) is 11.5. The van der Waals surface area contributed by atoms with Crippen molar-refractivity contribution < 1.29 is 13.2 Å². The molecule has 1 fully saturated rings. The lowest BCUT2D eigenvalue weighted by atomic mass is 10.2. The van der Waals surface area contributed by atoms with E-state index < -0.39 is 10.0 Å². The first-order chi connectivity index (χ1) is 8.36. The largest absolute Gasteiger partial charge is 0.352 e. The number of nitrogens with one attached hydrogen (secondary N) is 1. The summed E-state index contributed by atoms with van der Waals surface area (Å²) in [6, 6.07) is -0.0966. The van der Waals surface area contributed by atoms with Gasteiger partial charge in [-0.3, -0.25) is 4.79 Å². The Morgan fingerprint density at radius 3 is 2.56 bits per heavy atom. The highest BCUT2D eigenvalue weighted by atomic mass is 32.2. The maximum atomic E-state index is 12.2. The molecule has 1 N–H and O–H groups in total. The van der Waals surface area contributed by atoms with Crippen LogP contribution in [-0.4, -0.2) is 43.0 Å². The number of hydrogen-bond donors (Lipinski definition) is 1. The molecule has 1 rings (SSSR count). The van der Waals surface area contributed by atoms with E-state index in [-0.39, 0.29) is 23.7 Å². The van der Waals surface area contributed by atoms with Gasteiger partial charge >= 0.3 is 0 Å². The van der Waals surface area contributed by atoms with Crippen LogP contribution in [0.5, 0.6) is 0 Å². The Kier molecular flexibility index (Phi) is 5.59. The number of sulfonamides is 1. The average molecular weight is 276 g/mol. The molecule has 0 saturated carbocycles. The second-order valence-electron chi connectivity index (χ2n) is 5.14. The van der Waals surface area contributed by atoms with Crippen LogP contribution in [0.4, 0.5) is 0 Å². The topological polar surface area (TPSA) is 66.5 Å². The number of unbranched alkanes of at least 4 members (excludes halogenated alkanes) is 1. The molecule has 5 nitrogen and oxygen atoms in total. The van der Waals surface area contributed by atoms with E-state index in [0.29, 0.717) is 19.4 Å². The van der Waals surface area contributed by atoms with E-state index in [1.807, 2.05) is 20.8 Å². The molecule has 0 aliphatic carbocycles. The van der Waals surface area contributed by atoms with Crippen molar-refractivity contribution in [1.29, 1.82) is 0 Å². The monoisotopic (exact) mass is 276 g/mol. The van der Waals surface area contributed by atoms with Gasteiger partial charge in [0.25, 0.3) is 0 Å². The molecule has 0 bridgehead atoms. The van der Waals surface area contributed by atoms with Gasteiger partial charge in [0.1, 0.15) is 0 Å². The minimum Gasteiger partial charge on any atom is -0.352 e. The molecule has 0 radical (unpaired) electrons. The van der Waals surface area contributed by atoms with E-state index in [4.69, 9.17) is 0 Å². The van der Waals surface area contributed by atoms with Crippen molar-refractivity contribution in [3.05, 3.63) is 0 Å². The van der Waals surface area contributed by atoms with Gasteiger partial charge < -0.3 is 5.32 Å². The minimum absolute atomic E-state index is 0.0228. The Hall–Kier alpha value is -0.620. The van der Waals surface area contributed by atoms with Crippen molar-refractivity contribution in [2.75, 3.05) is 12.3 Å². The number of hydrogen-bond acceptors (Lipinski definition) is 3.